The van der Waals surface area contributed by atoms with Crippen LogP contribution in [-0.2, 0) is 13.0 Å². The minimum atomic E-state index is 0.151. The Morgan fingerprint density at radius 2 is 1.69 bits per heavy atom. The van der Waals surface area contributed by atoms with Gasteiger partial charge in [0, 0.05) is 56.5 Å². The van der Waals surface area contributed by atoms with Crippen molar-refractivity contribution in [2.45, 2.75) is 13.0 Å². The van der Waals surface area contributed by atoms with Crippen LogP contribution in [0.1, 0.15) is 22.4 Å². The zero-order chi connectivity index (χ0) is 22.1. The van der Waals surface area contributed by atoms with Crippen LogP contribution in [0.4, 0.5) is 0 Å². The molecule has 1 fully saturated rings. The van der Waals surface area contributed by atoms with E-state index in [2.05, 4.69) is 53.3 Å². The van der Waals surface area contributed by atoms with Crippen LogP contribution in [0.2, 0.25) is 0 Å². The molecule has 1 aliphatic carbocycles. The van der Waals surface area contributed by atoms with Crippen molar-refractivity contribution >= 4 is 5.57 Å². The Bertz CT molecular complexity index is 1150. The van der Waals surface area contributed by atoms with Crippen LogP contribution < -0.4 is 4.74 Å². The number of hydrogen-bond acceptors (Lipinski definition) is 5. The Balaban J connectivity index is 1.36. The maximum atomic E-state index is 9.94. The van der Waals surface area contributed by atoms with Crippen LogP contribution in [0.5, 0.6) is 11.5 Å². The largest absolute Gasteiger partial charge is 0.504 e. The number of hydrogen-bond donors (Lipinski definition) is 1. The summed E-state index contributed by atoms with van der Waals surface area (Å²) in [5.74, 6) is 0.635. The SMILES string of the molecule is COc1cc(C2=CCc3ncc(-c4ccc(CN5CCN(C)CC5)cc4)cc32)ccc1O. The van der Waals surface area contributed by atoms with Gasteiger partial charge in [0.25, 0.3) is 0 Å². The zero-order valence-electron chi connectivity index (χ0n) is 18.7. The average molecular weight is 428 g/mol. The Morgan fingerprint density at radius 1 is 0.938 bits per heavy atom. The van der Waals surface area contributed by atoms with Crippen molar-refractivity contribution in [3.63, 3.8) is 0 Å². The van der Waals surface area contributed by atoms with Gasteiger partial charge in [-0.15, -0.1) is 0 Å². The first-order valence-corrected chi connectivity index (χ1v) is 11.2. The van der Waals surface area contributed by atoms with Crippen LogP contribution >= 0.6 is 0 Å². The van der Waals surface area contributed by atoms with E-state index in [9.17, 15) is 5.11 Å². The molecule has 2 heterocycles. The number of ether oxygens (including phenoxy) is 1. The average Bonchev–Trinajstić information content (AvgIpc) is 3.25. The molecule has 5 rings (SSSR count). The fraction of sp³-hybridized carbons (Fsp3) is 0.296. The van der Waals surface area contributed by atoms with Gasteiger partial charge in [-0.2, -0.15) is 0 Å². The lowest BCUT2D eigenvalue weighted by Gasteiger charge is -2.32. The van der Waals surface area contributed by atoms with Crippen molar-refractivity contribution in [1.29, 1.82) is 0 Å². The molecule has 0 spiro atoms. The number of rotatable bonds is 5. The molecule has 1 N–H and O–H groups in total. The highest BCUT2D eigenvalue weighted by Crippen LogP contribution is 2.37. The second-order valence-corrected chi connectivity index (χ2v) is 8.70. The lowest BCUT2D eigenvalue weighted by atomic mass is 9.97. The van der Waals surface area contributed by atoms with Gasteiger partial charge in [-0.25, -0.2) is 0 Å². The topological polar surface area (TPSA) is 48.8 Å². The van der Waals surface area contributed by atoms with Gasteiger partial charge in [-0.3, -0.25) is 9.88 Å². The first-order chi connectivity index (χ1) is 15.6. The number of fused-ring (bicyclic) bond motifs is 1. The lowest BCUT2D eigenvalue weighted by Crippen LogP contribution is -2.43. The molecule has 32 heavy (non-hydrogen) atoms. The number of phenolic OH excluding ortho intramolecular Hbond substituents is 1. The molecule has 1 aromatic heterocycles. The van der Waals surface area contributed by atoms with Gasteiger partial charge in [-0.05, 0) is 47.5 Å². The van der Waals surface area contributed by atoms with E-state index in [0.29, 0.717) is 5.75 Å². The number of pyridine rings is 1. The van der Waals surface area contributed by atoms with Crippen LogP contribution in [0.15, 0.2) is 60.8 Å². The maximum absolute atomic E-state index is 9.94. The predicted molar refractivity (Wildman–Crippen MR) is 128 cm³/mol. The molecule has 2 aliphatic rings. The van der Waals surface area contributed by atoms with E-state index in [0.717, 1.165) is 67.1 Å². The molecule has 5 heteroatoms. The molecule has 0 atom stereocenters. The van der Waals surface area contributed by atoms with Gasteiger partial charge in [-0.1, -0.05) is 36.4 Å². The number of likely N-dealkylation sites (N-methyl/N-ethyl adjacent to an activating group) is 1. The third-order valence-electron chi connectivity index (χ3n) is 6.54. The number of nitrogens with zero attached hydrogens (tertiary/aromatic N) is 3. The number of aromatic nitrogens is 1. The van der Waals surface area contributed by atoms with E-state index in [4.69, 9.17) is 9.72 Å². The van der Waals surface area contributed by atoms with Crippen LogP contribution in [0.3, 0.4) is 0 Å². The molecule has 1 saturated heterocycles. The third-order valence-corrected chi connectivity index (χ3v) is 6.54. The molecule has 5 nitrogen and oxygen atoms in total. The van der Waals surface area contributed by atoms with Crippen molar-refractivity contribution in [1.82, 2.24) is 14.8 Å². The van der Waals surface area contributed by atoms with Crippen LogP contribution in [-0.4, -0.2) is 60.2 Å². The van der Waals surface area contributed by atoms with E-state index in [-0.39, 0.29) is 5.75 Å². The molecular formula is C27H29N3O2. The molecule has 0 amide bonds. The maximum Gasteiger partial charge on any atom is 0.161 e. The van der Waals surface area contributed by atoms with Crippen molar-refractivity contribution in [3.8, 4) is 22.6 Å². The fourth-order valence-electron chi connectivity index (χ4n) is 4.54. The summed E-state index contributed by atoms with van der Waals surface area (Å²) in [6, 6.07) is 16.6. The second-order valence-electron chi connectivity index (χ2n) is 8.70. The first-order valence-electron chi connectivity index (χ1n) is 11.2. The monoisotopic (exact) mass is 427 g/mol. The van der Waals surface area contributed by atoms with Crippen molar-refractivity contribution in [2.24, 2.45) is 0 Å². The van der Waals surface area contributed by atoms with Gasteiger partial charge in [0.1, 0.15) is 0 Å². The highest BCUT2D eigenvalue weighted by Gasteiger charge is 2.19. The zero-order valence-corrected chi connectivity index (χ0v) is 18.7. The summed E-state index contributed by atoms with van der Waals surface area (Å²) in [5.41, 5.74) is 8.05. The van der Waals surface area contributed by atoms with Gasteiger partial charge < -0.3 is 14.7 Å². The number of aromatic hydroxyl groups is 1. The van der Waals surface area contributed by atoms with Crippen molar-refractivity contribution in [2.75, 3.05) is 40.3 Å². The summed E-state index contributed by atoms with van der Waals surface area (Å²) < 4.78 is 5.30. The Kier molecular flexibility index (Phi) is 5.68. The smallest absolute Gasteiger partial charge is 0.161 e. The fourth-order valence-corrected chi connectivity index (χ4v) is 4.54. The van der Waals surface area contributed by atoms with E-state index >= 15 is 0 Å². The normalized spacial score (nSPS) is 16.6. The van der Waals surface area contributed by atoms with E-state index in [1.54, 1.807) is 13.2 Å². The van der Waals surface area contributed by atoms with Crippen LogP contribution in [0.25, 0.3) is 16.7 Å². The first kappa shape index (κ1) is 20.7. The number of methoxy groups -OCH3 is 1. The Labute approximate surface area is 189 Å². The summed E-state index contributed by atoms with van der Waals surface area (Å²) in [6.07, 6.45) is 4.99. The summed E-state index contributed by atoms with van der Waals surface area (Å²) in [6.45, 7) is 5.55. The van der Waals surface area contributed by atoms with Gasteiger partial charge in [0.15, 0.2) is 11.5 Å². The highest BCUT2D eigenvalue weighted by molar-refractivity contribution is 5.86. The summed E-state index contributed by atoms with van der Waals surface area (Å²) in [4.78, 5) is 9.66. The predicted octanol–water partition coefficient (Wildman–Crippen LogP) is 4.20. The molecule has 0 unspecified atom stereocenters. The van der Waals surface area contributed by atoms with E-state index in [1.807, 2.05) is 18.3 Å². The molecule has 0 radical (unpaired) electrons. The number of allylic oxidation sites excluding steroid dienone is 1. The quantitative estimate of drug-likeness (QED) is 0.661. The molecule has 3 aromatic rings. The molecule has 2 aromatic carbocycles. The number of phenols is 1. The van der Waals surface area contributed by atoms with Crippen LogP contribution in [0, 0.1) is 0 Å². The Hall–Kier alpha value is -3.15. The molecule has 0 bridgehead atoms. The summed E-state index contributed by atoms with van der Waals surface area (Å²) in [5, 5.41) is 9.94. The Morgan fingerprint density at radius 3 is 2.44 bits per heavy atom. The van der Waals surface area contributed by atoms with Gasteiger partial charge in [0.05, 0.1) is 12.8 Å². The molecule has 0 saturated carbocycles. The van der Waals surface area contributed by atoms with Crippen molar-refractivity contribution in [3.05, 3.63) is 83.2 Å². The van der Waals surface area contributed by atoms with Crippen molar-refractivity contribution < 1.29 is 9.84 Å². The minimum Gasteiger partial charge on any atom is -0.504 e. The van der Waals surface area contributed by atoms with Gasteiger partial charge >= 0.3 is 0 Å². The highest BCUT2D eigenvalue weighted by atomic mass is 16.5. The summed E-state index contributed by atoms with van der Waals surface area (Å²) >= 11 is 0. The minimum absolute atomic E-state index is 0.151. The number of piperazine rings is 1. The standard InChI is InChI=1S/C27H29N3O2/c1-29-11-13-30(14-12-29)18-19-3-5-20(6-4-19)22-15-24-23(8-9-25(24)28-17-22)21-7-10-26(31)27(16-21)32-2/h3-8,10,15-17,31H,9,11-14,18H2,1-2H3. The number of benzene rings is 2. The lowest BCUT2D eigenvalue weighted by molar-refractivity contribution is 0.148. The van der Waals surface area contributed by atoms with E-state index in [1.165, 1.54) is 11.1 Å². The molecule has 164 valence electrons. The third kappa shape index (κ3) is 4.14. The molecular weight excluding hydrogens is 398 g/mol. The molecule has 1 aliphatic heterocycles. The second kappa shape index (κ2) is 8.77. The van der Waals surface area contributed by atoms with E-state index < -0.39 is 0 Å². The van der Waals surface area contributed by atoms with Gasteiger partial charge in [0.2, 0.25) is 0 Å². The summed E-state index contributed by atoms with van der Waals surface area (Å²) in [7, 11) is 3.76.